The summed E-state index contributed by atoms with van der Waals surface area (Å²) in [6.07, 6.45) is 9.24. The maximum absolute atomic E-state index is 3.70. The van der Waals surface area contributed by atoms with E-state index in [4.69, 9.17) is 0 Å². The first-order valence-corrected chi connectivity index (χ1v) is 14.3. The molecule has 0 saturated carbocycles. The Morgan fingerprint density at radius 2 is 0.919 bits per heavy atom. The van der Waals surface area contributed by atoms with Crippen LogP contribution in [0.15, 0.2) is 71.4 Å². The van der Waals surface area contributed by atoms with E-state index in [0.29, 0.717) is 0 Å². The predicted molar refractivity (Wildman–Crippen MR) is 147 cm³/mol. The number of halogens is 3. The van der Waals surface area contributed by atoms with Crippen LogP contribution in [-0.2, 0) is 21.7 Å². The van der Waals surface area contributed by atoms with Crippen molar-refractivity contribution in [2.75, 3.05) is 0 Å². The summed E-state index contributed by atoms with van der Waals surface area (Å²) in [4.78, 5) is 0. The molecule has 3 aromatic rings. The van der Waals surface area contributed by atoms with E-state index >= 15 is 0 Å². The zero-order valence-corrected chi connectivity index (χ0v) is 27.9. The quantitative estimate of drug-likeness (QED) is 0.165. The van der Waals surface area contributed by atoms with E-state index in [1.165, 1.54) is 54.5 Å². The first-order chi connectivity index (χ1) is 15.7. The molecule has 37 heavy (non-hydrogen) atoms. The summed E-state index contributed by atoms with van der Waals surface area (Å²) < 4.78 is 0. The molecule has 0 saturated heterocycles. The third kappa shape index (κ3) is 7.33. The van der Waals surface area contributed by atoms with E-state index in [2.05, 4.69) is 115 Å². The minimum Gasteiger partial charge on any atom is -1.00 e. The summed E-state index contributed by atoms with van der Waals surface area (Å²) in [6, 6.07) is 21.8. The van der Waals surface area contributed by atoms with Gasteiger partial charge >= 0.3 is 21.7 Å². The van der Waals surface area contributed by atoms with E-state index in [1.54, 1.807) is 5.20 Å². The number of hydrogen-bond donors (Lipinski definition) is 0. The summed E-state index contributed by atoms with van der Waals surface area (Å²) in [5.74, 6) is 0. The third-order valence-corrected chi connectivity index (χ3v) is 11.7. The Labute approximate surface area is 259 Å². The van der Waals surface area contributed by atoms with Crippen LogP contribution in [0.5, 0.6) is 0 Å². The Hall–Kier alpha value is -1.06. The van der Waals surface area contributed by atoms with Crippen LogP contribution in [-0.4, -0.2) is 8.07 Å². The van der Waals surface area contributed by atoms with Crippen molar-refractivity contribution >= 4 is 23.6 Å². The molecule has 0 heterocycles. The van der Waals surface area contributed by atoms with Crippen LogP contribution < -0.4 is 52.8 Å². The van der Waals surface area contributed by atoms with Crippen molar-refractivity contribution in [1.29, 1.82) is 0 Å². The van der Waals surface area contributed by atoms with Crippen molar-refractivity contribution in [3.63, 3.8) is 0 Å². The van der Waals surface area contributed by atoms with Crippen LogP contribution >= 0.6 is 0 Å². The summed E-state index contributed by atoms with van der Waals surface area (Å²) >= 11 is 0. The van der Waals surface area contributed by atoms with Crippen molar-refractivity contribution in [2.24, 2.45) is 0 Å². The standard InChI is InChI=1S/C32H37Si.3ClH.Ti/c1-8-10-28-11-9-12-32(28)33(29-16-22(2)13-23(3)17-29,30-18-24(4)14-25(5)19-30)31-20-26(6)15-27(7)21-31;;;;/h9,13-21H,8,10,12H2,1-7H3;3*1H;/q-1;;;;+4/p-3. The SMILES string of the molecule is CCCC1=C([Si](c2cc(C)cc(C)c2)(c2cc(C)cc(C)c2)c2cc(C)cc(C)c2)CC=[C-]1.[Cl-].[Cl-].[Cl-].[Ti+4]. The molecule has 0 N–H and O–H groups in total. The monoisotopic (exact) mass is 602 g/mol. The van der Waals surface area contributed by atoms with Crippen molar-refractivity contribution in [3.05, 3.63) is 111 Å². The van der Waals surface area contributed by atoms with Gasteiger partial charge in [0.1, 0.15) is 0 Å². The minimum atomic E-state index is -2.49. The maximum atomic E-state index is 3.70. The zero-order valence-electron chi connectivity index (χ0n) is 23.0. The fourth-order valence-electron chi connectivity index (χ4n) is 5.94. The molecule has 0 nitrogen and oxygen atoms in total. The molecule has 0 radical (unpaired) electrons. The molecule has 194 valence electrons. The molecule has 1 aliphatic rings. The van der Waals surface area contributed by atoms with Crippen LogP contribution in [0.3, 0.4) is 0 Å². The Morgan fingerprint density at radius 1 is 0.595 bits per heavy atom. The molecule has 0 spiro atoms. The van der Waals surface area contributed by atoms with Gasteiger partial charge in [0, 0.05) is 0 Å². The summed E-state index contributed by atoms with van der Waals surface area (Å²) in [6.45, 7) is 15.8. The molecule has 0 aromatic heterocycles. The number of benzene rings is 3. The van der Waals surface area contributed by atoms with Crippen molar-refractivity contribution in [3.8, 4) is 0 Å². The molecule has 0 atom stereocenters. The second-order valence-electron chi connectivity index (χ2n) is 10.1. The van der Waals surface area contributed by atoms with Gasteiger partial charge in [-0.3, -0.25) is 6.08 Å². The van der Waals surface area contributed by atoms with Crippen LogP contribution in [0.1, 0.15) is 59.6 Å². The van der Waals surface area contributed by atoms with Gasteiger partial charge in [-0.05, 0) is 41.5 Å². The van der Waals surface area contributed by atoms with Crippen LogP contribution in [0.2, 0.25) is 0 Å². The van der Waals surface area contributed by atoms with E-state index in [0.717, 1.165) is 19.3 Å². The second-order valence-corrected chi connectivity index (χ2v) is 14.0. The minimum absolute atomic E-state index is 0. The molecular weight excluding hydrogens is 567 g/mol. The van der Waals surface area contributed by atoms with Crippen molar-refractivity contribution in [2.45, 2.75) is 67.7 Å². The summed E-state index contributed by atoms with van der Waals surface area (Å²) in [7, 11) is -2.49. The Bertz CT molecular complexity index is 1090. The van der Waals surface area contributed by atoms with E-state index < -0.39 is 8.07 Å². The molecular formula is C32H37Cl3SiTi. The first-order valence-electron chi connectivity index (χ1n) is 12.3. The maximum Gasteiger partial charge on any atom is 4.00 e. The van der Waals surface area contributed by atoms with Crippen molar-refractivity contribution < 1.29 is 58.9 Å². The Kier molecular flexibility index (Phi) is 14.5. The van der Waals surface area contributed by atoms with Crippen LogP contribution in [0, 0.1) is 47.6 Å². The number of aryl methyl sites for hydroxylation is 6. The topological polar surface area (TPSA) is 0 Å². The van der Waals surface area contributed by atoms with Gasteiger partial charge in [-0.2, -0.15) is 6.08 Å². The van der Waals surface area contributed by atoms with Crippen LogP contribution in [0.25, 0.3) is 0 Å². The molecule has 0 aliphatic heterocycles. The molecule has 0 fully saturated rings. The Morgan fingerprint density at radius 3 is 1.22 bits per heavy atom. The van der Waals surface area contributed by atoms with Crippen molar-refractivity contribution in [1.82, 2.24) is 0 Å². The van der Waals surface area contributed by atoms with Gasteiger partial charge in [-0.15, -0.1) is 0 Å². The average Bonchev–Trinajstić information content (AvgIpc) is 3.15. The normalized spacial score (nSPS) is 12.3. The summed E-state index contributed by atoms with van der Waals surface area (Å²) in [5.41, 5.74) is 9.55. The Balaban J connectivity index is 0.00000324. The zero-order chi connectivity index (χ0) is 23.8. The van der Waals surface area contributed by atoms with Gasteiger partial charge in [0.25, 0.3) is 0 Å². The van der Waals surface area contributed by atoms with Gasteiger partial charge in [-0.25, -0.2) is 10.8 Å². The molecule has 1 aliphatic carbocycles. The summed E-state index contributed by atoms with van der Waals surface area (Å²) in [5, 5.41) is 6.16. The van der Waals surface area contributed by atoms with Gasteiger partial charge in [0.15, 0.2) is 0 Å². The van der Waals surface area contributed by atoms with Gasteiger partial charge < -0.3 is 37.2 Å². The number of rotatable bonds is 6. The number of hydrogen-bond acceptors (Lipinski definition) is 0. The third-order valence-electron chi connectivity index (χ3n) is 6.86. The predicted octanol–water partition coefficient (Wildman–Crippen LogP) is -2.58. The molecule has 4 rings (SSSR count). The fraction of sp³-hybridized carbons (Fsp3) is 0.312. The van der Waals surface area contributed by atoms with E-state index in [9.17, 15) is 0 Å². The molecule has 0 bridgehead atoms. The molecule has 0 amide bonds. The van der Waals surface area contributed by atoms with Gasteiger partial charge in [-0.1, -0.05) is 130 Å². The van der Waals surface area contributed by atoms with E-state index in [-0.39, 0.29) is 58.9 Å². The van der Waals surface area contributed by atoms with Crippen LogP contribution in [0.4, 0.5) is 0 Å². The first kappa shape index (κ1) is 35.9. The molecule has 0 unspecified atom stereocenters. The van der Waals surface area contributed by atoms with Gasteiger partial charge in [0.05, 0.1) is 8.07 Å². The smallest absolute Gasteiger partial charge is 1.00 e. The average molecular weight is 604 g/mol. The molecule has 5 heteroatoms. The second kappa shape index (κ2) is 14.9. The largest absolute Gasteiger partial charge is 4.00 e. The van der Waals surface area contributed by atoms with E-state index in [1.807, 2.05) is 0 Å². The van der Waals surface area contributed by atoms with Gasteiger partial charge in [0.2, 0.25) is 0 Å². The number of allylic oxidation sites excluding steroid dienone is 4. The fourth-order valence-corrected chi connectivity index (χ4v) is 11.7. The molecule has 3 aromatic carbocycles.